The van der Waals surface area contributed by atoms with Gasteiger partial charge in [0.2, 0.25) is 0 Å². The summed E-state index contributed by atoms with van der Waals surface area (Å²) >= 11 is 6.85. The molecule has 0 amide bonds. The van der Waals surface area contributed by atoms with Crippen molar-refractivity contribution in [3.63, 3.8) is 0 Å². The molecule has 0 bridgehead atoms. The van der Waals surface area contributed by atoms with Crippen LogP contribution in [0.4, 0.5) is 0 Å². The van der Waals surface area contributed by atoms with Gasteiger partial charge >= 0.3 is 0 Å². The lowest BCUT2D eigenvalue weighted by molar-refractivity contribution is 0.0958. The molecule has 0 aliphatic carbocycles. The zero-order valence-electron chi connectivity index (χ0n) is 9.07. The van der Waals surface area contributed by atoms with Gasteiger partial charge in [-0.25, -0.2) is 0 Å². The highest BCUT2D eigenvalue weighted by Gasteiger charge is 2.14. The van der Waals surface area contributed by atoms with Gasteiger partial charge in [-0.1, -0.05) is 50.1 Å². The van der Waals surface area contributed by atoms with E-state index in [0.29, 0.717) is 10.9 Å². The van der Waals surface area contributed by atoms with Gasteiger partial charge in [0.25, 0.3) is 5.91 Å². The molecule has 0 radical (unpaired) electrons. The van der Waals surface area contributed by atoms with Crippen molar-refractivity contribution in [3.05, 3.63) is 59.4 Å². The van der Waals surface area contributed by atoms with Crippen LogP contribution < -0.4 is 0 Å². The standard InChI is InChI=1S/C13H11Br2NO/c14-8-11-6-7-16(12(11)9-15)13(17)10-4-2-1-3-5-10/h1-7H,8-9H2. The number of nitrogens with zero attached hydrogens (tertiary/aromatic N) is 1. The van der Waals surface area contributed by atoms with Gasteiger partial charge in [0.05, 0.1) is 0 Å². The van der Waals surface area contributed by atoms with Crippen LogP contribution in [-0.2, 0) is 10.7 Å². The first-order chi connectivity index (χ1) is 8.27. The summed E-state index contributed by atoms with van der Waals surface area (Å²) in [4.78, 5) is 12.3. The number of carbonyl (C=O) groups excluding carboxylic acids is 1. The highest BCUT2D eigenvalue weighted by Crippen LogP contribution is 2.19. The molecule has 1 heterocycles. The van der Waals surface area contributed by atoms with E-state index in [4.69, 9.17) is 0 Å². The van der Waals surface area contributed by atoms with Crippen molar-refractivity contribution in [2.45, 2.75) is 10.7 Å². The summed E-state index contributed by atoms with van der Waals surface area (Å²) in [5.74, 6) is 0.00671. The molecule has 2 aromatic rings. The normalized spacial score (nSPS) is 10.5. The number of alkyl halides is 2. The minimum atomic E-state index is 0.00671. The summed E-state index contributed by atoms with van der Waals surface area (Å²) in [6, 6.07) is 11.3. The molecular formula is C13H11Br2NO. The first kappa shape index (κ1) is 12.6. The average molecular weight is 357 g/mol. The molecule has 1 aromatic heterocycles. The maximum Gasteiger partial charge on any atom is 0.262 e. The Balaban J connectivity index is 2.41. The predicted octanol–water partition coefficient (Wildman–Crippen LogP) is 3.97. The van der Waals surface area contributed by atoms with E-state index < -0.39 is 0 Å². The Morgan fingerprint density at radius 3 is 2.35 bits per heavy atom. The monoisotopic (exact) mass is 355 g/mol. The van der Waals surface area contributed by atoms with E-state index in [1.165, 1.54) is 0 Å². The Bertz CT molecular complexity index is 519. The van der Waals surface area contributed by atoms with Crippen LogP contribution in [0.25, 0.3) is 0 Å². The molecular weight excluding hydrogens is 346 g/mol. The molecule has 1 aromatic carbocycles. The fourth-order valence-corrected chi connectivity index (χ4v) is 2.83. The van der Waals surface area contributed by atoms with Crippen molar-refractivity contribution < 1.29 is 4.79 Å². The second-order valence-electron chi connectivity index (χ2n) is 3.60. The van der Waals surface area contributed by atoms with Crippen molar-refractivity contribution in [1.82, 2.24) is 4.57 Å². The van der Waals surface area contributed by atoms with Crippen LogP contribution in [0.15, 0.2) is 42.6 Å². The van der Waals surface area contributed by atoms with Crippen LogP contribution in [0.1, 0.15) is 21.6 Å². The summed E-state index contributed by atoms with van der Waals surface area (Å²) in [5, 5.41) is 1.42. The molecule has 0 saturated carbocycles. The van der Waals surface area contributed by atoms with Crippen molar-refractivity contribution in [1.29, 1.82) is 0 Å². The number of hydrogen-bond donors (Lipinski definition) is 0. The number of carbonyl (C=O) groups is 1. The maximum absolute atomic E-state index is 12.3. The Hall–Kier alpha value is -0.870. The van der Waals surface area contributed by atoms with Gasteiger partial charge in [-0.2, -0.15) is 0 Å². The van der Waals surface area contributed by atoms with Crippen LogP contribution in [0.3, 0.4) is 0 Å². The minimum Gasteiger partial charge on any atom is -0.286 e. The van der Waals surface area contributed by atoms with Crippen LogP contribution >= 0.6 is 31.9 Å². The van der Waals surface area contributed by atoms with Gasteiger partial charge in [0.1, 0.15) is 0 Å². The fourth-order valence-electron chi connectivity index (χ4n) is 1.69. The van der Waals surface area contributed by atoms with Gasteiger partial charge in [-0.15, -0.1) is 0 Å². The molecule has 88 valence electrons. The Kier molecular flexibility index (Phi) is 4.18. The number of halogens is 2. The second kappa shape index (κ2) is 5.65. The highest BCUT2D eigenvalue weighted by molar-refractivity contribution is 9.09. The summed E-state index contributed by atoms with van der Waals surface area (Å²) in [7, 11) is 0. The van der Waals surface area contributed by atoms with E-state index in [-0.39, 0.29) is 5.91 Å². The lowest BCUT2D eigenvalue weighted by Gasteiger charge is -2.07. The zero-order chi connectivity index (χ0) is 12.3. The number of aromatic nitrogens is 1. The van der Waals surface area contributed by atoms with Crippen molar-refractivity contribution in [2.75, 3.05) is 0 Å². The molecule has 0 atom stereocenters. The number of hydrogen-bond acceptors (Lipinski definition) is 1. The van der Waals surface area contributed by atoms with Gasteiger partial charge in [-0.05, 0) is 23.8 Å². The van der Waals surface area contributed by atoms with Crippen LogP contribution in [0.5, 0.6) is 0 Å². The zero-order valence-corrected chi connectivity index (χ0v) is 12.2. The lowest BCUT2D eigenvalue weighted by atomic mass is 10.2. The van der Waals surface area contributed by atoms with E-state index in [2.05, 4.69) is 31.9 Å². The number of benzene rings is 1. The topological polar surface area (TPSA) is 22.0 Å². The van der Waals surface area contributed by atoms with E-state index in [0.717, 1.165) is 16.6 Å². The summed E-state index contributed by atoms with van der Waals surface area (Å²) < 4.78 is 1.70. The quantitative estimate of drug-likeness (QED) is 0.763. The predicted molar refractivity (Wildman–Crippen MR) is 75.9 cm³/mol. The Labute approximate surface area is 117 Å². The molecule has 0 aliphatic rings. The fraction of sp³-hybridized carbons (Fsp3) is 0.154. The van der Waals surface area contributed by atoms with Crippen LogP contribution in [0, 0.1) is 0 Å². The molecule has 0 spiro atoms. The smallest absolute Gasteiger partial charge is 0.262 e. The van der Waals surface area contributed by atoms with Crippen LogP contribution in [-0.4, -0.2) is 10.5 Å². The van der Waals surface area contributed by atoms with E-state index in [9.17, 15) is 4.79 Å². The van der Waals surface area contributed by atoms with Crippen molar-refractivity contribution >= 4 is 37.8 Å². The molecule has 2 nitrogen and oxygen atoms in total. The molecule has 17 heavy (non-hydrogen) atoms. The summed E-state index contributed by atoms with van der Waals surface area (Å²) in [6.07, 6.45) is 1.82. The summed E-state index contributed by atoms with van der Waals surface area (Å²) in [5.41, 5.74) is 2.83. The van der Waals surface area contributed by atoms with E-state index in [1.807, 2.05) is 42.6 Å². The van der Waals surface area contributed by atoms with Crippen molar-refractivity contribution in [2.24, 2.45) is 0 Å². The van der Waals surface area contributed by atoms with E-state index >= 15 is 0 Å². The first-order valence-corrected chi connectivity index (χ1v) is 7.43. The molecule has 0 saturated heterocycles. The largest absolute Gasteiger partial charge is 0.286 e. The Morgan fingerprint density at radius 1 is 1.06 bits per heavy atom. The Morgan fingerprint density at radius 2 is 1.76 bits per heavy atom. The van der Waals surface area contributed by atoms with Crippen LogP contribution in [0.2, 0.25) is 0 Å². The van der Waals surface area contributed by atoms with Gasteiger partial charge in [0, 0.05) is 28.1 Å². The third-order valence-electron chi connectivity index (χ3n) is 2.60. The third-order valence-corrected chi connectivity index (χ3v) is 3.73. The van der Waals surface area contributed by atoms with Crippen molar-refractivity contribution in [3.8, 4) is 0 Å². The maximum atomic E-state index is 12.3. The summed E-state index contributed by atoms with van der Waals surface area (Å²) in [6.45, 7) is 0. The van der Waals surface area contributed by atoms with E-state index in [1.54, 1.807) is 4.57 Å². The molecule has 0 N–H and O–H groups in total. The molecule has 4 heteroatoms. The molecule has 0 aliphatic heterocycles. The SMILES string of the molecule is O=C(c1ccccc1)n1ccc(CBr)c1CBr. The second-order valence-corrected chi connectivity index (χ2v) is 4.72. The highest BCUT2D eigenvalue weighted by atomic mass is 79.9. The molecule has 2 rings (SSSR count). The van der Waals surface area contributed by atoms with Gasteiger partial charge < -0.3 is 0 Å². The average Bonchev–Trinajstić information content (AvgIpc) is 2.81. The number of rotatable bonds is 3. The van der Waals surface area contributed by atoms with Gasteiger partial charge in [0.15, 0.2) is 0 Å². The molecule has 0 unspecified atom stereocenters. The lowest BCUT2D eigenvalue weighted by Crippen LogP contribution is -2.13. The molecule has 0 fully saturated rings. The first-order valence-electron chi connectivity index (χ1n) is 5.18. The van der Waals surface area contributed by atoms with Gasteiger partial charge in [-0.3, -0.25) is 9.36 Å². The minimum absolute atomic E-state index is 0.00671. The third kappa shape index (κ3) is 2.53.